The Bertz CT molecular complexity index is 467. The van der Waals surface area contributed by atoms with Gasteiger partial charge >= 0.3 is 6.03 Å². The van der Waals surface area contributed by atoms with Gasteiger partial charge in [-0.2, -0.15) is 0 Å². The fraction of sp³-hybridized carbons (Fsp3) is 0.400. The molecule has 0 radical (unpaired) electrons. The van der Waals surface area contributed by atoms with E-state index in [-0.39, 0.29) is 12.1 Å². The molecule has 2 rings (SSSR count). The molecule has 108 valence electrons. The summed E-state index contributed by atoms with van der Waals surface area (Å²) >= 11 is 5.82. The molecule has 3 N–H and O–H groups in total. The molecule has 4 nitrogen and oxygen atoms in total. The minimum Gasteiger partial charge on any atom is -0.334 e. The van der Waals surface area contributed by atoms with Crippen molar-refractivity contribution < 1.29 is 4.79 Å². The van der Waals surface area contributed by atoms with Gasteiger partial charge in [-0.3, -0.25) is 10.9 Å². The van der Waals surface area contributed by atoms with Gasteiger partial charge in [0, 0.05) is 11.1 Å². The van der Waals surface area contributed by atoms with Gasteiger partial charge in [-0.15, -0.1) is 0 Å². The second kappa shape index (κ2) is 7.20. The standard InChI is InChI=1S/C15H20ClN3O/c1-11(12-7-9-13(16)10-8-12)18-19-15(20)17-14-5-3-2-4-6-14/h7-10,14,18H,1-6H2,(H2,17,19,20). The van der Waals surface area contributed by atoms with Gasteiger partial charge < -0.3 is 5.32 Å². The largest absolute Gasteiger partial charge is 0.334 e. The van der Waals surface area contributed by atoms with E-state index < -0.39 is 0 Å². The number of benzene rings is 1. The SMILES string of the molecule is C=C(NNC(=O)NC1CCCCC1)c1ccc(Cl)cc1. The second-order valence-corrected chi connectivity index (χ2v) is 5.48. The summed E-state index contributed by atoms with van der Waals surface area (Å²) in [5, 5.41) is 3.63. The maximum Gasteiger partial charge on any atom is 0.333 e. The zero-order valence-electron chi connectivity index (χ0n) is 11.4. The van der Waals surface area contributed by atoms with Crippen LogP contribution in [-0.4, -0.2) is 12.1 Å². The molecule has 2 amide bonds. The van der Waals surface area contributed by atoms with Crippen molar-refractivity contribution >= 4 is 23.3 Å². The van der Waals surface area contributed by atoms with Crippen LogP contribution in [0.1, 0.15) is 37.7 Å². The summed E-state index contributed by atoms with van der Waals surface area (Å²) in [6, 6.07) is 7.33. The van der Waals surface area contributed by atoms with Crippen molar-refractivity contribution in [2.45, 2.75) is 38.1 Å². The van der Waals surface area contributed by atoms with Gasteiger partial charge in [-0.25, -0.2) is 4.79 Å². The van der Waals surface area contributed by atoms with Gasteiger partial charge in [0.25, 0.3) is 0 Å². The lowest BCUT2D eigenvalue weighted by molar-refractivity contribution is 0.230. The Hall–Kier alpha value is -1.68. The summed E-state index contributed by atoms with van der Waals surface area (Å²) in [7, 11) is 0. The molecule has 1 aromatic carbocycles. The number of urea groups is 1. The van der Waals surface area contributed by atoms with Crippen molar-refractivity contribution in [3.63, 3.8) is 0 Å². The Balaban J connectivity index is 1.75. The van der Waals surface area contributed by atoms with E-state index in [9.17, 15) is 4.79 Å². The van der Waals surface area contributed by atoms with Crippen molar-refractivity contribution in [2.75, 3.05) is 0 Å². The number of hydrazine groups is 1. The van der Waals surface area contributed by atoms with Crippen LogP contribution in [0.4, 0.5) is 4.79 Å². The van der Waals surface area contributed by atoms with Crippen molar-refractivity contribution in [2.24, 2.45) is 0 Å². The van der Waals surface area contributed by atoms with Crippen molar-refractivity contribution in [1.82, 2.24) is 16.2 Å². The Kier molecular flexibility index (Phi) is 5.30. The van der Waals surface area contributed by atoms with Crippen LogP contribution in [0.15, 0.2) is 30.8 Å². The minimum atomic E-state index is -0.216. The number of hydrogen-bond donors (Lipinski definition) is 3. The summed E-state index contributed by atoms with van der Waals surface area (Å²) in [5.74, 6) is 0. The monoisotopic (exact) mass is 293 g/mol. The second-order valence-electron chi connectivity index (χ2n) is 5.04. The van der Waals surface area contributed by atoms with Gasteiger partial charge in [-0.05, 0) is 30.5 Å². The fourth-order valence-electron chi connectivity index (χ4n) is 2.32. The van der Waals surface area contributed by atoms with E-state index in [0.717, 1.165) is 18.4 Å². The highest BCUT2D eigenvalue weighted by Crippen LogP contribution is 2.17. The smallest absolute Gasteiger partial charge is 0.333 e. The summed E-state index contributed by atoms with van der Waals surface area (Å²) < 4.78 is 0. The number of hydrogen-bond acceptors (Lipinski definition) is 2. The van der Waals surface area contributed by atoms with Crippen LogP contribution in [0.3, 0.4) is 0 Å². The summed E-state index contributed by atoms with van der Waals surface area (Å²) in [4.78, 5) is 11.8. The van der Waals surface area contributed by atoms with Gasteiger partial charge in [-0.1, -0.05) is 49.6 Å². The van der Waals surface area contributed by atoms with E-state index in [1.807, 2.05) is 12.1 Å². The van der Waals surface area contributed by atoms with Gasteiger partial charge in [0.15, 0.2) is 0 Å². The molecule has 0 heterocycles. The number of rotatable bonds is 4. The predicted molar refractivity (Wildman–Crippen MR) is 82.2 cm³/mol. The van der Waals surface area contributed by atoms with Gasteiger partial charge in [0.05, 0.1) is 5.70 Å². The van der Waals surface area contributed by atoms with E-state index in [0.29, 0.717) is 10.7 Å². The molecular formula is C15H20ClN3O. The quantitative estimate of drug-likeness (QED) is 0.745. The Labute approximate surface area is 124 Å². The summed E-state index contributed by atoms with van der Waals surface area (Å²) in [6.07, 6.45) is 5.77. The van der Waals surface area contributed by atoms with E-state index in [1.165, 1.54) is 19.3 Å². The Morgan fingerprint density at radius 3 is 2.40 bits per heavy atom. The average Bonchev–Trinajstić information content (AvgIpc) is 2.46. The highest BCUT2D eigenvalue weighted by atomic mass is 35.5. The fourth-order valence-corrected chi connectivity index (χ4v) is 2.45. The topological polar surface area (TPSA) is 53.2 Å². The maximum absolute atomic E-state index is 11.8. The van der Waals surface area contributed by atoms with Crippen LogP contribution in [0.2, 0.25) is 5.02 Å². The number of nitrogens with one attached hydrogen (secondary N) is 3. The molecule has 0 unspecified atom stereocenters. The van der Waals surface area contributed by atoms with Gasteiger partial charge in [0.1, 0.15) is 0 Å². The van der Waals surface area contributed by atoms with Crippen LogP contribution in [0.25, 0.3) is 5.70 Å². The van der Waals surface area contributed by atoms with E-state index in [4.69, 9.17) is 11.6 Å². The van der Waals surface area contributed by atoms with E-state index in [2.05, 4.69) is 22.7 Å². The molecule has 1 aliphatic rings. The molecule has 1 saturated carbocycles. The van der Waals surface area contributed by atoms with Crippen LogP contribution >= 0.6 is 11.6 Å². The Morgan fingerprint density at radius 1 is 1.10 bits per heavy atom. The van der Waals surface area contributed by atoms with Crippen LogP contribution in [-0.2, 0) is 0 Å². The number of carbonyl (C=O) groups is 1. The molecule has 0 aliphatic heterocycles. The number of halogens is 1. The number of carbonyl (C=O) groups excluding carboxylic acids is 1. The molecule has 1 aromatic rings. The normalized spacial score (nSPS) is 15.4. The first-order chi connectivity index (χ1) is 9.65. The lowest BCUT2D eigenvalue weighted by Crippen LogP contribution is -2.47. The molecule has 0 bridgehead atoms. The Morgan fingerprint density at radius 2 is 1.75 bits per heavy atom. The molecule has 0 spiro atoms. The first kappa shape index (κ1) is 14.7. The molecule has 0 saturated heterocycles. The molecule has 1 aliphatic carbocycles. The third kappa shape index (κ3) is 4.46. The third-order valence-corrected chi connectivity index (χ3v) is 3.71. The molecule has 20 heavy (non-hydrogen) atoms. The molecule has 1 fully saturated rings. The first-order valence-electron chi connectivity index (χ1n) is 6.92. The molecule has 5 heteroatoms. The molecule has 0 atom stereocenters. The van der Waals surface area contributed by atoms with Crippen LogP contribution < -0.4 is 16.2 Å². The average molecular weight is 294 g/mol. The van der Waals surface area contributed by atoms with Crippen molar-refractivity contribution in [3.05, 3.63) is 41.4 Å². The highest BCUT2D eigenvalue weighted by Gasteiger charge is 2.15. The lowest BCUT2D eigenvalue weighted by Gasteiger charge is -2.23. The van der Waals surface area contributed by atoms with Gasteiger partial charge in [0.2, 0.25) is 0 Å². The summed E-state index contributed by atoms with van der Waals surface area (Å²) in [6.45, 7) is 3.88. The molecule has 0 aromatic heterocycles. The zero-order valence-corrected chi connectivity index (χ0v) is 12.2. The first-order valence-corrected chi connectivity index (χ1v) is 7.30. The minimum absolute atomic E-state index is 0.216. The van der Waals surface area contributed by atoms with Crippen molar-refractivity contribution in [1.29, 1.82) is 0 Å². The highest BCUT2D eigenvalue weighted by molar-refractivity contribution is 6.30. The van der Waals surface area contributed by atoms with Crippen LogP contribution in [0, 0.1) is 0 Å². The number of amides is 2. The maximum atomic E-state index is 11.8. The summed E-state index contributed by atoms with van der Waals surface area (Å²) in [5.41, 5.74) is 6.93. The molecular weight excluding hydrogens is 274 g/mol. The zero-order chi connectivity index (χ0) is 14.4. The van der Waals surface area contributed by atoms with Crippen LogP contribution in [0.5, 0.6) is 0 Å². The third-order valence-electron chi connectivity index (χ3n) is 3.46. The van der Waals surface area contributed by atoms with E-state index >= 15 is 0 Å². The lowest BCUT2D eigenvalue weighted by atomic mass is 9.96. The van der Waals surface area contributed by atoms with Crippen molar-refractivity contribution in [3.8, 4) is 0 Å². The predicted octanol–water partition coefficient (Wildman–Crippen LogP) is 3.45. The van der Waals surface area contributed by atoms with E-state index in [1.54, 1.807) is 12.1 Å².